The van der Waals surface area contributed by atoms with Crippen molar-refractivity contribution in [1.29, 1.82) is 0 Å². The summed E-state index contributed by atoms with van der Waals surface area (Å²) in [5, 5.41) is 6.05. The van der Waals surface area contributed by atoms with Crippen molar-refractivity contribution < 1.29 is 9.53 Å². The Labute approximate surface area is 180 Å². The predicted molar refractivity (Wildman–Crippen MR) is 118 cm³/mol. The summed E-state index contributed by atoms with van der Waals surface area (Å²) in [6.07, 6.45) is 10.8. The van der Waals surface area contributed by atoms with Gasteiger partial charge in [0.2, 0.25) is 0 Å². The molecule has 1 fully saturated rings. The smallest absolute Gasteiger partial charge is 0.253 e. The molecule has 3 heterocycles. The zero-order valence-electron chi connectivity index (χ0n) is 17.4. The van der Waals surface area contributed by atoms with E-state index in [1.54, 1.807) is 25.7 Å². The molecule has 1 saturated carbocycles. The van der Waals surface area contributed by atoms with E-state index < -0.39 is 0 Å². The summed E-state index contributed by atoms with van der Waals surface area (Å²) < 4.78 is 7.42. The van der Waals surface area contributed by atoms with Crippen LogP contribution in [0.3, 0.4) is 0 Å². The molecule has 1 N–H and O–H groups in total. The molecule has 1 aliphatic carbocycles. The molecule has 30 heavy (non-hydrogen) atoms. The summed E-state index contributed by atoms with van der Waals surface area (Å²) in [5.41, 5.74) is 4.14. The molecule has 1 aliphatic rings. The maximum absolute atomic E-state index is 13.0. The van der Waals surface area contributed by atoms with E-state index in [0.29, 0.717) is 18.7 Å². The Morgan fingerprint density at radius 3 is 2.83 bits per heavy atom. The number of ether oxygens (including phenoxy) is 1. The number of nitrogens with zero attached hydrogens (tertiary/aromatic N) is 4. The van der Waals surface area contributed by atoms with Gasteiger partial charge < -0.3 is 14.6 Å². The molecule has 0 radical (unpaired) electrons. The Bertz CT molecular complexity index is 992. The van der Waals surface area contributed by atoms with Gasteiger partial charge in [0.25, 0.3) is 5.91 Å². The molecule has 0 bridgehead atoms. The van der Waals surface area contributed by atoms with Gasteiger partial charge in [-0.2, -0.15) is 0 Å². The summed E-state index contributed by atoms with van der Waals surface area (Å²) in [5.74, 6) is 0.00111. The minimum atomic E-state index is 0.00111. The van der Waals surface area contributed by atoms with Crippen LogP contribution in [0.15, 0.2) is 30.0 Å². The largest absolute Gasteiger partial charge is 0.383 e. The lowest BCUT2D eigenvalue weighted by Gasteiger charge is -2.22. The normalized spacial score (nSPS) is 14.7. The second kappa shape index (κ2) is 9.49. The van der Waals surface area contributed by atoms with Crippen molar-refractivity contribution in [3.05, 3.63) is 41.3 Å². The first-order chi connectivity index (χ1) is 14.7. The number of aromatic nitrogens is 4. The number of hydrogen-bond acceptors (Lipinski definition) is 6. The molecule has 7 nitrogen and oxygen atoms in total. The van der Waals surface area contributed by atoms with Gasteiger partial charge in [-0.3, -0.25) is 14.8 Å². The quantitative estimate of drug-likeness (QED) is 0.617. The van der Waals surface area contributed by atoms with E-state index in [1.165, 1.54) is 30.6 Å². The third kappa shape index (κ3) is 4.44. The Kier molecular flexibility index (Phi) is 6.54. The van der Waals surface area contributed by atoms with Crippen LogP contribution in [-0.4, -0.2) is 45.2 Å². The van der Waals surface area contributed by atoms with E-state index in [2.05, 4.69) is 19.9 Å². The summed E-state index contributed by atoms with van der Waals surface area (Å²) in [6.45, 7) is 3.21. The molecule has 4 rings (SSSR count). The van der Waals surface area contributed by atoms with E-state index in [1.807, 2.05) is 18.4 Å². The second-order valence-electron chi connectivity index (χ2n) is 7.61. The van der Waals surface area contributed by atoms with Crippen molar-refractivity contribution in [3.8, 4) is 22.1 Å². The van der Waals surface area contributed by atoms with Gasteiger partial charge in [-0.25, -0.2) is 4.98 Å². The van der Waals surface area contributed by atoms with Crippen molar-refractivity contribution in [2.45, 2.75) is 51.6 Å². The molecule has 0 aromatic carbocycles. The van der Waals surface area contributed by atoms with Gasteiger partial charge in [-0.05, 0) is 25.8 Å². The third-order valence-corrected chi connectivity index (χ3v) is 6.48. The molecular weight excluding hydrogens is 398 g/mol. The van der Waals surface area contributed by atoms with Gasteiger partial charge in [-0.15, -0.1) is 11.3 Å². The van der Waals surface area contributed by atoms with Crippen LogP contribution in [-0.2, 0) is 11.3 Å². The van der Waals surface area contributed by atoms with Gasteiger partial charge in [0.1, 0.15) is 10.7 Å². The maximum atomic E-state index is 13.0. The Balaban J connectivity index is 1.64. The Morgan fingerprint density at radius 2 is 2.10 bits per heavy atom. The number of carbonyl (C=O) groups excluding carboxylic acids is 1. The number of methoxy groups -OCH3 is 1. The van der Waals surface area contributed by atoms with Crippen molar-refractivity contribution in [3.63, 3.8) is 0 Å². The van der Waals surface area contributed by atoms with Gasteiger partial charge in [0.05, 0.1) is 29.8 Å². The zero-order chi connectivity index (χ0) is 20.9. The summed E-state index contributed by atoms with van der Waals surface area (Å²) in [4.78, 5) is 26.3. The average molecular weight is 426 g/mol. The van der Waals surface area contributed by atoms with Gasteiger partial charge in [0, 0.05) is 43.2 Å². The topological polar surface area (TPSA) is 81.9 Å². The number of carbonyl (C=O) groups is 1. The molecule has 158 valence electrons. The SMILES string of the molecule is COCCn1c(-c2csc(-c3cnccn3)n2)cc(C(=O)NC2CCCCC2)c1C. The number of thiazole rings is 1. The van der Waals surface area contributed by atoms with Gasteiger partial charge in [-0.1, -0.05) is 19.3 Å². The predicted octanol–water partition coefficient (Wildman–Crippen LogP) is 4.09. The second-order valence-corrected chi connectivity index (χ2v) is 8.47. The van der Waals surface area contributed by atoms with Gasteiger partial charge >= 0.3 is 0 Å². The fraction of sp³-hybridized carbons (Fsp3) is 0.455. The van der Waals surface area contributed by atoms with Gasteiger partial charge in [0.15, 0.2) is 0 Å². The summed E-state index contributed by atoms with van der Waals surface area (Å²) in [7, 11) is 1.68. The van der Waals surface area contributed by atoms with Crippen molar-refractivity contribution in [1.82, 2.24) is 24.8 Å². The molecule has 0 saturated heterocycles. The average Bonchev–Trinajstić information content (AvgIpc) is 3.38. The minimum Gasteiger partial charge on any atom is -0.383 e. The molecule has 0 spiro atoms. The Morgan fingerprint density at radius 1 is 1.27 bits per heavy atom. The van der Waals surface area contributed by atoms with Crippen LogP contribution >= 0.6 is 11.3 Å². The zero-order valence-corrected chi connectivity index (χ0v) is 18.2. The van der Waals surface area contributed by atoms with Crippen LogP contribution in [0.2, 0.25) is 0 Å². The van der Waals surface area contributed by atoms with Crippen LogP contribution in [0.25, 0.3) is 22.1 Å². The lowest BCUT2D eigenvalue weighted by molar-refractivity contribution is 0.0927. The van der Waals surface area contributed by atoms with E-state index in [0.717, 1.165) is 40.6 Å². The standard InChI is InChI=1S/C22H27N5O2S/c1-15-17(21(28)25-16-6-4-3-5-7-16)12-20(27(15)10-11-29-2)19-14-30-22(26-19)18-13-23-8-9-24-18/h8-9,12-14,16H,3-7,10-11H2,1-2H3,(H,25,28). The molecule has 8 heteroatoms. The first-order valence-electron chi connectivity index (χ1n) is 10.4. The number of rotatable bonds is 7. The lowest BCUT2D eigenvalue weighted by Crippen LogP contribution is -2.36. The van der Waals surface area contributed by atoms with Crippen molar-refractivity contribution >= 4 is 17.2 Å². The highest BCUT2D eigenvalue weighted by atomic mass is 32.1. The van der Waals surface area contributed by atoms with Crippen LogP contribution in [0.5, 0.6) is 0 Å². The highest BCUT2D eigenvalue weighted by Gasteiger charge is 2.23. The monoisotopic (exact) mass is 425 g/mol. The minimum absolute atomic E-state index is 0.00111. The number of hydrogen-bond donors (Lipinski definition) is 1. The first kappa shape index (κ1) is 20.7. The fourth-order valence-corrected chi connectivity index (χ4v) is 4.76. The molecule has 1 amide bonds. The first-order valence-corrected chi connectivity index (χ1v) is 11.3. The highest BCUT2D eigenvalue weighted by molar-refractivity contribution is 7.13. The maximum Gasteiger partial charge on any atom is 0.253 e. The molecule has 0 unspecified atom stereocenters. The summed E-state index contributed by atoms with van der Waals surface area (Å²) >= 11 is 1.52. The summed E-state index contributed by atoms with van der Waals surface area (Å²) in [6, 6.07) is 2.23. The van der Waals surface area contributed by atoms with E-state index in [9.17, 15) is 4.79 Å². The molecule has 3 aromatic rings. The van der Waals surface area contributed by atoms with E-state index >= 15 is 0 Å². The molecule has 0 aliphatic heterocycles. The lowest BCUT2D eigenvalue weighted by atomic mass is 9.95. The van der Waals surface area contributed by atoms with Crippen LogP contribution < -0.4 is 5.32 Å². The molecule has 0 atom stereocenters. The molecular formula is C22H27N5O2S. The fourth-order valence-electron chi connectivity index (χ4n) is 3.99. The van der Waals surface area contributed by atoms with Crippen LogP contribution in [0.4, 0.5) is 0 Å². The molecule has 3 aromatic heterocycles. The van der Waals surface area contributed by atoms with Crippen LogP contribution in [0, 0.1) is 6.92 Å². The van der Waals surface area contributed by atoms with Crippen molar-refractivity contribution in [2.24, 2.45) is 0 Å². The number of nitrogens with one attached hydrogen (secondary N) is 1. The van der Waals surface area contributed by atoms with Crippen molar-refractivity contribution in [2.75, 3.05) is 13.7 Å². The number of amides is 1. The Hall–Kier alpha value is -2.58. The van der Waals surface area contributed by atoms with Crippen LogP contribution in [0.1, 0.15) is 48.2 Å². The van der Waals surface area contributed by atoms with E-state index in [-0.39, 0.29) is 11.9 Å². The highest BCUT2D eigenvalue weighted by Crippen LogP contribution is 2.31. The van der Waals surface area contributed by atoms with E-state index in [4.69, 9.17) is 9.72 Å². The third-order valence-electron chi connectivity index (χ3n) is 5.62.